The van der Waals surface area contributed by atoms with Crippen molar-refractivity contribution < 1.29 is 23.1 Å². The number of nitrogens with zero attached hydrogens (tertiary/aromatic N) is 3. The van der Waals surface area contributed by atoms with Gasteiger partial charge >= 0.3 is 6.09 Å². The van der Waals surface area contributed by atoms with Gasteiger partial charge in [-0.25, -0.2) is 13.6 Å². The number of cyclic esters (lactones) is 1. The van der Waals surface area contributed by atoms with Crippen LogP contribution >= 0.6 is 12.4 Å². The number of fused-ring (bicyclic) bond motifs is 1. The minimum atomic E-state index is -0.847. The maximum Gasteiger partial charge on any atom is 0.414 e. The molecule has 0 radical (unpaired) electrons. The van der Waals surface area contributed by atoms with E-state index < -0.39 is 29.2 Å². The fraction of sp³-hybridized carbons (Fsp3) is 0.391. The Balaban J connectivity index is 0.00000274. The Bertz CT molecular complexity index is 1150. The van der Waals surface area contributed by atoms with Crippen LogP contribution in [0.25, 0.3) is 11.1 Å². The van der Waals surface area contributed by atoms with Crippen LogP contribution in [-0.4, -0.2) is 49.3 Å². The molecule has 2 N–H and O–H groups in total. The highest BCUT2D eigenvalue weighted by Crippen LogP contribution is 2.60. The summed E-state index contributed by atoms with van der Waals surface area (Å²) in [4.78, 5) is 28.7. The summed E-state index contributed by atoms with van der Waals surface area (Å²) >= 11 is 0. The number of nitriles is 1. The molecule has 3 fully saturated rings. The standard InChI is InChI=1S/C23H21F2N5O3.ClH/c1-12(31)28-7-15-10-30(22(32)33-15)14-4-18(24)21(19(25)5-14)13-2-3-20(29-6-13)23(11-26)16-8-27-9-17(16)23;/h2-6,15-17,27H,7-10H2,1H3,(H,28,31);1H/t15-,16-,17+,23?;/m0./s1. The number of carbonyl (C=O) groups excluding carboxylic acids is 2. The summed E-state index contributed by atoms with van der Waals surface area (Å²) in [6.07, 6.45) is 0.0210. The molecule has 0 bridgehead atoms. The molecule has 2 aromatic rings. The summed E-state index contributed by atoms with van der Waals surface area (Å²) in [5.74, 6) is -1.54. The third kappa shape index (κ3) is 3.75. The molecular formula is C23H22ClF2N5O3. The summed E-state index contributed by atoms with van der Waals surface area (Å²) in [5.41, 5.74) is -0.00830. The first kappa shape index (κ1) is 23.9. The van der Waals surface area contributed by atoms with Gasteiger partial charge < -0.3 is 15.4 Å². The van der Waals surface area contributed by atoms with E-state index in [9.17, 15) is 23.6 Å². The van der Waals surface area contributed by atoms with Crippen LogP contribution in [0.3, 0.4) is 0 Å². The SMILES string of the molecule is CC(=O)NC[C@H]1CN(c2cc(F)c(-c3ccc(C4(C#N)[C@@H]5CNC[C@@H]54)nc3)c(F)c2)C(=O)O1.Cl. The number of amides is 2. The Hall–Kier alpha value is -3.29. The van der Waals surface area contributed by atoms with Crippen LogP contribution in [-0.2, 0) is 14.9 Å². The molecule has 3 heterocycles. The van der Waals surface area contributed by atoms with Gasteiger partial charge in [0.15, 0.2) is 0 Å². The molecule has 178 valence electrons. The van der Waals surface area contributed by atoms with Gasteiger partial charge in [0, 0.05) is 43.6 Å². The number of nitrogens with one attached hydrogen (secondary N) is 2. The van der Waals surface area contributed by atoms with Gasteiger partial charge in [0.2, 0.25) is 5.91 Å². The fourth-order valence-electron chi connectivity index (χ4n) is 5.02. The average Bonchev–Trinajstić information content (AvgIpc) is 3.09. The van der Waals surface area contributed by atoms with Crippen LogP contribution in [0.15, 0.2) is 30.5 Å². The summed E-state index contributed by atoms with van der Waals surface area (Å²) in [5, 5.41) is 15.5. The quantitative estimate of drug-likeness (QED) is 0.668. The Labute approximate surface area is 200 Å². The van der Waals surface area contributed by atoms with Crippen molar-refractivity contribution >= 4 is 30.1 Å². The van der Waals surface area contributed by atoms with Crippen molar-refractivity contribution in [2.24, 2.45) is 11.8 Å². The van der Waals surface area contributed by atoms with Gasteiger partial charge in [-0.05, 0) is 18.2 Å². The summed E-state index contributed by atoms with van der Waals surface area (Å²) < 4.78 is 35.1. The fourth-order valence-corrected chi connectivity index (χ4v) is 5.02. The number of pyridine rings is 1. The Morgan fingerprint density at radius 2 is 2.00 bits per heavy atom. The Morgan fingerprint density at radius 3 is 2.56 bits per heavy atom. The largest absolute Gasteiger partial charge is 0.442 e. The van der Waals surface area contributed by atoms with E-state index >= 15 is 0 Å². The minimum Gasteiger partial charge on any atom is -0.442 e. The molecule has 0 spiro atoms. The van der Waals surface area contributed by atoms with Crippen molar-refractivity contribution in [3.8, 4) is 17.2 Å². The zero-order chi connectivity index (χ0) is 23.3. The highest BCUT2D eigenvalue weighted by Gasteiger charge is 2.69. The number of anilines is 1. The molecule has 1 unspecified atom stereocenters. The lowest BCUT2D eigenvalue weighted by Crippen LogP contribution is -2.33. The Kier molecular flexibility index (Phi) is 6.18. The molecule has 8 nitrogen and oxygen atoms in total. The zero-order valence-electron chi connectivity index (χ0n) is 18.2. The average molecular weight is 490 g/mol. The molecular weight excluding hydrogens is 468 g/mol. The highest BCUT2D eigenvalue weighted by atomic mass is 35.5. The van der Waals surface area contributed by atoms with Gasteiger partial charge in [0.1, 0.15) is 23.2 Å². The third-order valence-electron chi connectivity index (χ3n) is 6.73. The first-order valence-corrected chi connectivity index (χ1v) is 10.7. The van der Waals surface area contributed by atoms with Gasteiger partial charge in [-0.1, -0.05) is 6.07 Å². The smallest absolute Gasteiger partial charge is 0.414 e. The number of ether oxygens (including phenoxy) is 1. The number of rotatable bonds is 5. The lowest BCUT2D eigenvalue weighted by molar-refractivity contribution is -0.119. The number of carbonyl (C=O) groups is 2. The summed E-state index contributed by atoms with van der Waals surface area (Å²) in [6, 6.07) is 7.76. The second-order valence-corrected chi connectivity index (χ2v) is 8.62. The van der Waals surface area contributed by atoms with E-state index in [4.69, 9.17) is 4.74 Å². The van der Waals surface area contributed by atoms with E-state index in [1.807, 2.05) is 0 Å². The minimum absolute atomic E-state index is 0. The molecule has 4 atom stereocenters. The highest BCUT2D eigenvalue weighted by molar-refractivity contribution is 5.90. The van der Waals surface area contributed by atoms with Crippen LogP contribution in [0.1, 0.15) is 12.6 Å². The molecule has 1 aromatic carbocycles. The lowest BCUT2D eigenvalue weighted by atomic mass is 9.95. The number of halogens is 3. The number of aromatic nitrogens is 1. The van der Waals surface area contributed by atoms with E-state index in [-0.39, 0.29) is 60.1 Å². The van der Waals surface area contributed by atoms with Gasteiger partial charge in [0.05, 0.1) is 36.1 Å². The molecule has 2 amide bonds. The molecule has 2 aliphatic heterocycles. The molecule has 5 rings (SSSR count). The first-order valence-electron chi connectivity index (χ1n) is 10.7. The molecule has 34 heavy (non-hydrogen) atoms. The number of hydrogen-bond donors (Lipinski definition) is 2. The van der Waals surface area contributed by atoms with E-state index in [1.54, 1.807) is 12.1 Å². The Morgan fingerprint density at radius 1 is 1.32 bits per heavy atom. The molecule has 1 aromatic heterocycles. The maximum atomic E-state index is 15.0. The predicted molar refractivity (Wildman–Crippen MR) is 120 cm³/mol. The van der Waals surface area contributed by atoms with E-state index in [0.717, 1.165) is 30.1 Å². The van der Waals surface area contributed by atoms with Crippen molar-refractivity contribution in [2.75, 3.05) is 31.1 Å². The molecule has 1 aliphatic carbocycles. The summed E-state index contributed by atoms with van der Waals surface area (Å²) in [7, 11) is 0. The molecule has 11 heteroatoms. The van der Waals surface area contributed by atoms with Gasteiger partial charge in [-0.2, -0.15) is 5.26 Å². The molecule has 3 aliphatic rings. The van der Waals surface area contributed by atoms with E-state index in [0.29, 0.717) is 5.69 Å². The van der Waals surface area contributed by atoms with Crippen LogP contribution < -0.4 is 15.5 Å². The van der Waals surface area contributed by atoms with Crippen molar-refractivity contribution in [1.82, 2.24) is 15.6 Å². The zero-order valence-corrected chi connectivity index (χ0v) is 19.0. The topological polar surface area (TPSA) is 107 Å². The second-order valence-electron chi connectivity index (χ2n) is 8.62. The third-order valence-corrected chi connectivity index (χ3v) is 6.73. The monoisotopic (exact) mass is 489 g/mol. The van der Waals surface area contributed by atoms with Crippen LogP contribution in [0.2, 0.25) is 0 Å². The van der Waals surface area contributed by atoms with Crippen molar-refractivity contribution in [1.29, 1.82) is 5.26 Å². The number of benzene rings is 1. The van der Waals surface area contributed by atoms with Crippen LogP contribution in [0.5, 0.6) is 0 Å². The first-order chi connectivity index (χ1) is 15.8. The normalized spacial score (nSPS) is 26.8. The maximum absolute atomic E-state index is 15.0. The van der Waals surface area contributed by atoms with Crippen molar-refractivity contribution in [2.45, 2.75) is 18.4 Å². The molecule has 1 saturated carbocycles. The van der Waals surface area contributed by atoms with Gasteiger partial charge in [-0.15, -0.1) is 12.4 Å². The van der Waals surface area contributed by atoms with Crippen molar-refractivity contribution in [3.63, 3.8) is 0 Å². The molecule has 2 saturated heterocycles. The summed E-state index contributed by atoms with van der Waals surface area (Å²) in [6.45, 7) is 3.03. The van der Waals surface area contributed by atoms with E-state index in [2.05, 4.69) is 21.7 Å². The van der Waals surface area contributed by atoms with Crippen LogP contribution in [0, 0.1) is 34.8 Å². The van der Waals surface area contributed by atoms with Gasteiger partial charge in [0.25, 0.3) is 0 Å². The predicted octanol–water partition coefficient (Wildman–Crippen LogP) is 2.52. The number of piperidine rings is 1. The van der Waals surface area contributed by atoms with E-state index in [1.165, 1.54) is 13.1 Å². The van der Waals surface area contributed by atoms with Crippen molar-refractivity contribution in [3.05, 3.63) is 47.8 Å². The van der Waals surface area contributed by atoms with Gasteiger partial charge in [-0.3, -0.25) is 14.7 Å². The second kappa shape index (κ2) is 8.81. The number of hydrogen-bond acceptors (Lipinski definition) is 6. The lowest BCUT2D eigenvalue weighted by Gasteiger charge is -2.16. The van der Waals surface area contributed by atoms with Crippen LogP contribution in [0.4, 0.5) is 19.3 Å².